The zero-order valence-corrected chi connectivity index (χ0v) is 12.9. The molecule has 1 aliphatic carbocycles. The fourth-order valence-corrected chi connectivity index (χ4v) is 3.98. The molecule has 2 N–H and O–H groups in total. The molecule has 2 rings (SSSR count). The van der Waals surface area contributed by atoms with E-state index in [1.54, 1.807) is 11.3 Å². The van der Waals surface area contributed by atoms with E-state index in [2.05, 4.69) is 22.8 Å². The van der Waals surface area contributed by atoms with E-state index in [-0.39, 0.29) is 0 Å². The summed E-state index contributed by atoms with van der Waals surface area (Å²) in [7, 11) is 0. The number of thioether (sulfide) groups is 1. The second-order valence-electron chi connectivity index (χ2n) is 5.04. The molecule has 0 saturated heterocycles. The molecule has 1 atom stereocenters. The van der Waals surface area contributed by atoms with Crippen molar-refractivity contribution in [3.8, 4) is 0 Å². The standard InChI is InChI=1S/C14H21NO2S2/c1-2-14(13(16)17,15-11-6-7-11)8-4-10-19-12-5-3-9-18-12/h3,5,9,11,15H,2,4,6-8,10H2,1H3,(H,16,17). The van der Waals surface area contributed by atoms with Crippen LogP contribution >= 0.6 is 23.1 Å². The van der Waals surface area contributed by atoms with Crippen LogP contribution in [0.15, 0.2) is 21.7 Å². The summed E-state index contributed by atoms with van der Waals surface area (Å²) in [6.07, 6.45) is 4.55. The molecule has 1 aromatic rings. The molecule has 1 fully saturated rings. The van der Waals surface area contributed by atoms with Crippen LogP contribution in [-0.2, 0) is 4.79 Å². The number of nitrogens with one attached hydrogen (secondary N) is 1. The summed E-state index contributed by atoms with van der Waals surface area (Å²) in [5.74, 6) is 0.296. The molecule has 19 heavy (non-hydrogen) atoms. The van der Waals surface area contributed by atoms with E-state index >= 15 is 0 Å². The van der Waals surface area contributed by atoms with Gasteiger partial charge in [0.2, 0.25) is 0 Å². The van der Waals surface area contributed by atoms with Crippen molar-refractivity contribution in [2.24, 2.45) is 0 Å². The van der Waals surface area contributed by atoms with E-state index in [4.69, 9.17) is 0 Å². The topological polar surface area (TPSA) is 49.3 Å². The van der Waals surface area contributed by atoms with Crippen molar-refractivity contribution in [1.82, 2.24) is 5.32 Å². The van der Waals surface area contributed by atoms with Gasteiger partial charge in [0.25, 0.3) is 0 Å². The zero-order valence-electron chi connectivity index (χ0n) is 11.2. The van der Waals surface area contributed by atoms with Crippen LogP contribution in [0.1, 0.15) is 39.0 Å². The molecule has 0 aromatic carbocycles. The van der Waals surface area contributed by atoms with Crippen LogP contribution in [0, 0.1) is 0 Å². The summed E-state index contributed by atoms with van der Waals surface area (Å²) >= 11 is 3.57. The first-order valence-electron chi connectivity index (χ1n) is 6.84. The molecule has 1 aromatic heterocycles. The third-order valence-electron chi connectivity index (χ3n) is 3.56. The minimum absolute atomic E-state index is 0.431. The smallest absolute Gasteiger partial charge is 0.323 e. The average molecular weight is 299 g/mol. The maximum Gasteiger partial charge on any atom is 0.323 e. The maximum atomic E-state index is 11.6. The normalized spacial score (nSPS) is 18.2. The maximum absolute atomic E-state index is 11.6. The van der Waals surface area contributed by atoms with Gasteiger partial charge in [0.15, 0.2) is 0 Å². The van der Waals surface area contributed by atoms with Gasteiger partial charge in [-0.3, -0.25) is 10.1 Å². The lowest BCUT2D eigenvalue weighted by atomic mass is 9.90. The molecular formula is C14H21NO2S2. The van der Waals surface area contributed by atoms with Crippen LogP contribution in [-0.4, -0.2) is 28.4 Å². The number of carboxylic acids is 1. The van der Waals surface area contributed by atoms with Crippen molar-refractivity contribution in [3.05, 3.63) is 17.5 Å². The van der Waals surface area contributed by atoms with E-state index in [0.717, 1.165) is 25.0 Å². The second kappa shape index (κ2) is 6.77. The molecule has 1 saturated carbocycles. The van der Waals surface area contributed by atoms with Gasteiger partial charge in [0.1, 0.15) is 5.54 Å². The molecule has 0 aliphatic heterocycles. The summed E-state index contributed by atoms with van der Waals surface area (Å²) in [4.78, 5) is 11.6. The van der Waals surface area contributed by atoms with Crippen LogP contribution in [0.2, 0.25) is 0 Å². The van der Waals surface area contributed by atoms with Crippen molar-refractivity contribution in [3.63, 3.8) is 0 Å². The second-order valence-corrected chi connectivity index (χ2v) is 7.39. The SMILES string of the molecule is CCC(CCCSc1cccs1)(NC1CC1)C(=O)O. The van der Waals surface area contributed by atoms with Gasteiger partial charge in [-0.1, -0.05) is 13.0 Å². The number of thiophene rings is 1. The number of carboxylic acid groups (broad SMARTS) is 1. The van der Waals surface area contributed by atoms with Gasteiger partial charge < -0.3 is 5.11 Å². The van der Waals surface area contributed by atoms with E-state index in [1.807, 2.05) is 18.7 Å². The van der Waals surface area contributed by atoms with Gasteiger partial charge in [-0.15, -0.1) is 23.1 Å². The van der Waals surface area contributed by atoms with Crippen molar-refractivity contribution in [2.75, 3.05) is 5.75 Å². The zero-order chi connectivity index (χ0) is 13.7. The average Bonchev–Trinajstić information content (AvgIpc) is 3.05. The molecule has 1 aliphatic rings. The van der Waals surface area contributed by atoms with Crippen molar-refractivity contribution in [1.29, 1.82) is 0 Å². The van der Waals surface area contributed by atoms with Crippen LogP contribution in [0.5, 0.6) is 0 Å². The van der Waals surface area contributed by atoms with Crippen LogP contribution < -0.4 is 5.32 Å². The third kappa shape index (κ3) is 4.23. The first kappa shape index (κ1) is 14.9. The predicted octanol–water partition coefficient (Wildman–Crippen LogP) is 3.61. The summed E-state index contributed by atoms with van der Waals surface area (Å²) in [6, 6.07) is 4.60. The molecule has 0 bridgehead atoms. The van der Waals surface area contributed by atoms with Gasteiger partial charge in [-0.25, -0.2) is 0 Å². The van der Waals surface area contributed by atoms with Crippen LogP contribution in [0.25, 0.3) is 0 Å². The minimum atomic E-state index is -0.711. The quantitative estimate of drug-likeness (QED) is 0.540. The lowest BCUT2D eigenvalue weighted by molar-refractivity contribution is -0.145. The monoisotopic (exact) mass is 299 g/mol. The van der Waals surface area contributed by atoms with E-state index in [0.29, 0.717) is 18.9 Å². The molecule has 0 amide bonds. The Morgan fingerprint density at radius 2 is 2.42 bits per heavy atom. The van der Waals surface area contributed by atoms with E-state index in [9.17, 15) is 9.90 Å². The lowest BCUT2D eigenvalue weighted by Crippen LogP contribution is -2.52. The molecule has 1 heterocycles. The predicted molar refractivity (Wildman–Crippen MR) is 81.1 cm³/mol. The third-order valence-corrected chi connectivity index (χ3v) is 5.78. The Balaban J connectivity index is 1.80. The van der Waals surface area contributed by atoms with Gasteiger partial charge >= 0.3 is 5.97 Å². The minimum Gasteiger partial charge on any atom is -0.480 e. The number of hydrogen-bond donors (Lipinski definition) is 2. The Morgan fingerprint density at radius 1 is 1.63 bits per heavy atom. The summed E-state index contributed by atoms with van der Waals surface area (Å²) < 4.78 is 1.31. The Kier molecular flexibility index (Phi) is 5.30. The Hall–Kier alpha value is -0.520. The molecular weight excluding hydrogens is 278 g/mol. The van der Waals surface area contributed by atoms with E-state index < -0.39 is 11.5 Å². The number of aliphatic carboxylic acids is 1. The molecule has 0 spiro atoms. The van der Waals surface area contributed by atoms with Crippen molar-refractivity contribution < 1.29 is 9.90 Å². The Labute approximate surface area is 122 Å². The Bertz CT molecular complexity index is 404. The molecule has 3 nitrogen and oxygen atoms in total. The molecule has 0 radical (unpaired) electrons. The molecule has 5 heteroatoms. The first-order valence-corrected chi connectivity index (χ1v) is 8.70. The molecule has 1 unspecified atom stereocenters. The van der Waals surface area contributed by atoms with Crippen molar-refractivity contribution >= 4 is 29.1 Å². The highest BCUT2D eigenvalue weighted by molar-refractivity contribution is 8.01. The number of rotatable bonds is 9. The highest BCUT2D eigenvalue weighted by Gasteiger charge is 2.40. The highest BCUT2D eigenvalue weighted by atomic mass is 32.2. The summed E-state index contributed by atoms with van der Waals surface area (Å²) in [5, 5.41) is 14.9. The first-order chi connectivity index (χ1) is 9.16. The fraction of sp³-hybridized carbons (Fsp3) is 0.643. The fourth-order valence-electron chi connectivity index (χ4n) is 2.18. The van der Waals surface area contributed by atoms with Gasteiger partial charge in [-0.2, -0.15) is 0 Å². The molecule has 106 valence electrons. The van der Waals surface area contributed by atoms with Gasteiger partial charge in [-0.05, 0) is 49.3 Å². The Morgan fingerprint density at radius 3 is 2.95 bits per heavy atom. The van der Waals surface area contributed by atoms with Crippen LogP contribution in [0.3, 0.4) is 0 Å². The van der Waals surface area contributed by atoms with E-state index in [1.165, 1.54) is 4.21 Å². The summed E-state index contributed by atoms with van der Waals surface area (Å²) in [5.41, 5.74) is -0.711. The lowest BCUT2D eigenvalue weighted by Gasteiger charge is -2.29. The van der Waals surface area contributed by atoms with Gasteiger partial charge in [0.05, 0.1) is 4.21 Å². The number of carbonyl (C=O) groups is 1. The van der Waals surface area contributed by atoms with Crippen molar-refractivity contribution in [2.45, 2.75) is 54.8 Å². The number of hydrogen-bond acceptors (Lipinski definition) is 4. The summed E-state index contributed by atoms with van der Waals surface area (Å²) in [6.45, 7) is 1.97. The highest BCUT2D eigenvalue weighted by Crippen LogP contribution is 2.29. The van der Waals surface area contributed by atoms with Gasteiger partial charge in [0, 0.05) is 6.04 Å². The van der Waals surface area contributed by atoms with Crippen LogP contribution in [0.4, 0.5) is 0 Å². The largest absolute Gasteiger partial charge is 0.480 e.